The Balaban J connectivity index is 1.28. The highest BCUT2D eigenvalue weighted by Gasteiger charge is 2.22. The highest BCUT2D eigenvalue weighted by molar-refractivity contribution is 5.94. The second kappa shape index (κ2) is 9.03. The highest BCUT2D eigenvalue weighted by Crippen LogP contribution is 2.20. The zero-order valence-electron chi connectivity index (χ0n) is 17.7. The van der Waals surface area contributed by atoms with Crippen molar-refractivity contribution in [1.29, 1.82) is 0 Å². The van der Waals surface area contributed by atoms with Crippen LogP contribution >= 0.6 is 0 Å². The van der Waals surface area contributed by atoms with Gasteiger partial charge in [0, 0.05) is 38.4 Å². The van der Waals surface area contributed by atoms with Crippen LogP contribution in [0.4, 0.5) is 5.69 Å². The molecule has 162 valence electrons. The van der Waals surface area contributed by atoms with Crippen molar-refractivity contribution in [3.63, 3.8) is 0 Å². The number of hydrogen-bond donors (Lipinski definition) is 0. The minimum atomic E-state index is -0.543. The van der Waals surface area contributed by atoms with Crippen LogP contribution in [0.1, 0.15) is 17.3 Å². The third-order valence-corrected chi connectivity index (χ3v) is 5.45. The fraction of sp³-hybridized carbons (Fsp3) is 0.364. The Labute approximate surface area is 180 Å². The van der Waals surface area contributed by atoms with Crippen molar-refractivity contribution >= 4 is 28.6 Å². The number of piperazine rings is 1. The van der Waals surface area contributed by atoms with Gasteiger partial charge in [-0.1, -0.05) is 5.21 Å². The number of rotatable bonds is 6. The number of benzene rings is 2. The average Bonchev–Trinajstić information content (AvgIpc) is 3.25. The van der Waals surface area contributed by atoms with E-state index in [-0.39, 0.29) is 12.5 Å². The summed E-state index contributed by atoms with van der Waals surface area (Å²) in [4.78, 5) is 28.8. The minimum Gasteiger partial charge on any atom is -0.497 e. The molecule has 1 saturated heterocycles. The zero-order chi connectivity index (χ0) is 21.8. The van der Waals surface area contributed by atoms with Crippen LogP contribution in [0.15, 0.2) is 42.5 Å². The molecule has 0 radical (unpaired) electrons. The van der Waals surface area contributed by atoms with Gasteiger partial charge in [0.15, 0.2) is 6.61 Å². The van der Waals surface area contributed by atoms with E-state index >= 15 is 0 Å². The van der Waals surface area contributed by atoms with Crippen LogP contribution in [0.2, 0.25) is 0 Å². The third-order valence-electron chi connectivity index (χ3n) is 5.45. The Morgan fingerprint density at radius 2 is 1.77 bits per heavy atom. The summed E-state index contributed by atoms with van der Waals surface area (Å²) in [6, 6.07) is 12.9. The predicted octanol–water partition coefficient (Wildman–Crippen LogP) is 1.97. The summed E-state index contributed by atoms with van der Waals surface area (Å²) in [7, 11) is 1.64. The van der Waals surface area contributed by atoms with Crippen molar-refractivity contribution in [2.45, 2.75) is 13.5 Å². The van der Waals surface area contributed by atoms with Gasteiger partial charge in [-0.15, -0.1) is 5.10 Å². The molecular formula is C22H25N5O4. The number of carbonyl (C=O) groups is 2. The van der Waals surface area contributed by atoms with Gasteiger partial charge in [0.2, 0.25) is 0 Å². The SMILES string of the molecule is CCn1nnc2cc(C(=O)OCC(=O)N3CCN(c4ccc(OC)cc4)CC3)ccc21. The van der Waals surface area contributed by atoms with Gasteiger partial charge in [0.05, 0.1) is 18.2 Å². The lowest BCUT2D eigenvalue weighted by molar-refractivity contribution is -0.134. The molecular weight excluding hydrogens is 398 g/mol. The molecule has 9 heteroatoms. The fourth-order valence-corrected chi connectivity index (χ4v) is 3.64. The normalized spacial score (nSPS) is 14.0. The van der Waals surface area contributed by atoms with Gasteiger partial charge in [0.25, 0.3) is 5.91 Å². The van der Waals surface area contributed by atoms with Crippen LogP contribution in [-0.4, -0.2) is 71.7 Å². The average molecular weight is 423 g/mol. The highest BCUT2D eigenvalue weighted by atomic mass is 16.5. The Bertz CT molecular complexity index is 1070. The molecule has 1 aliphatic heterocycles. The maximum absolute atomic E-state index is 12.5. The van der Waals surface area contributed by atoms with Crippen molar-refractivity contribution in [3.05, 3.63) is 48.0 Å². The predicted molar refractivity (Wildman–Crippen MR) is 115 cm³/mol. The molecule has 1 aliphatic rings. The van der Waals surface area contributed by atoms with Crippen molar-refractivity contribution in [2.75, 3.05) is 44.8 Å². The molecule has 0 saturated carbocycles. The monoisotopic (exact) mass is 423 g/mol. The van der Waals surface area contributed by atoms with Gasteiger partial charge < -0.3 is 19.3 Å². The summed E-state index contributed by atoms with van der Waals surface area (Å²) in [5, 5.41) is 8.09. The van der Waals surface area contributed by atoms with E-state index in [0.29, 0.717) is 30.7 Å². The number of esters is 1. The number of fused-ring (bicyclic) bond motifs is 1. The lowest BCUT2D eigenvalue weighted by Crippen LogP contribution is -2.49. The number of methoxy groups -OCH3 is 1. The Kier molecular flexibility index (Phi) is 6.01. The number of nitrogens with zero attached hydrogens (tertiary/aromatic N) is 5. The summed E-state index contributed by atoms with van der Waals surface area (Å²) in [5.41, 5.74) is 2.92. The van der Waals surface area contributed by atoms with Crippen LogP contribution in [0.25, 0.3) is 11.0 Å². The number of hydrogen-bond acceptors (Lipinski definition) is 7. The van der Waals surface area contributed by atoms with Gasteiger partial charge in [-0.05, 0) is 49.4 Å². The number of aryl methyl sites for hydroxylation is 1. The van der Waals surface area contributed by atoms with Crippen molar-refractivity contribution in [1.82, 2.24) is 19.9 Å². The summed E-state index contributed by atoms with van der Waals surface area (Å²) in [5.74, 6) is 0.0763. The summed E-state index contributed by atoms with van der Waals surface area (Å²) in [6.07, 6.45) is 0. The zero-order valence-corrected chi connectivity index (χ0v) is 17.7. The largest absolute Gasteiger partial charge is 0.497 e. The van der Waals surface area contributed by atoms with Gasteiger partial charge in [-0.2, -0.15) is 0 Å². The fourth-order valence-electron chi connectivity index (χ4n) is 3.64. The number of carbonyl (C=O) groups excluding carboxylic acids is 2. The van der Waals surface area contributed by atoms with E-state index in [4.69, 9.17) is 9.47 Å². The number of anilines is 1. The molecule has 3 aromatic rings. The van der Waals surface area contributed by atoms with Gasteiger partial charge in [0.1, 0.15) is 11.3 Å². The van der Waals surface area contributed by atoms with E-state index < -0.39 is 5.97 Å². The van der Waals surface area contributed by atoms with Gasteiger partial charge in [-0.3, -0.25) is 4.79 Å². The molecule has 2 heterocycles. The molecule has 2 aromatic carbocycles. The van der Waals surface area contributed by atoms with Gasteiger partial charge >= 0.3 is 5.97 Å². The molecule has 4 rings (SSSR count). The Morgan fingerprint density at radius 1 is 1.03 bits per heavy atom. The maximum atomic E-state index is 12.5. The first-order valence-corrected chi connectivity index (χ1v) is 10.3. The molecule has 0 N–H and O–H groups in total. The molecule has 1 amide bonds. The van der Waals surface area contributed by atoms with Crippen molar-refractivity contribution in [3.8, 4) is 5.75 Å². The molecule has 0 atom stereocenters. The topological polar surface area (TPSA) is 89.8 Å². The van der Waals surface area contributed by atoms with Crippen LogP contribution in [0, 0.1) is 0 Å². The smallest absolute Gasteiger partial charge is 0.338 e. The summed E-state index contributed by atoms with van der Waals surface area (Å²) < 4.78 is 12.2. The van der Waals surface area contributed by atoms with E-state index in [0.717, 1.165) is 30.0 Å². The first kappa shape index (κ1) is 20.6. The van der Waals surface area contributed by atoms with Crippen molar-refractivity contribution in [2.24, 2.45) is 0 Å². The molecule has 0 unspecified atom stereocenters. The second-order valence-electron chi connectivity index (χ2n) is 7.25. The first-order valence-electron chi connectivity index (χ1n) is 10.3. The lowest BCUT2D eigenvalue weighted by Gasteiger charge is -2.36. The summed E-state index contributed by atoms with van der Waals surface area (Å²) in [6.45, 7) is 4.98. The second-order valence-corrected chi connectivity index (χ2v) is 7.25. The molecule has 1 fully saturated rings. The molecule has 0 aliphatic carbocycles. The maximum Gasteiger partial charge on any atom is 0.338 e. The van der Waals surface area contributed by atoms with Crippen LogP contribution in [0.3, 0.4) is 0 Å². The van der Waals surface area contributed by atoms with Crippen LogP contribution in [0.5, 0.6) is 5.75 Å². The standard InChI is InChI=1S/C22H25N5O4/c1-3-27-20-9-4-16(14-19(20)23-24-27)22(29)31-15-21(28)26-12-10-25(11-13-26)17-5-7-18(30-2)8-6-17/h4-9,14H,3,10-13,15H2,1-2H3. The molecule has 0 bridgehead atoms. The molecule has 9 nitrogen and oxygen atoms in total. The third kappa shape index (κ3) is 4.45. The Hall–Kier alpha value is -3.62. The Morgan fingerprint density at radius 3 is 2.45 bits per heavy atom. The van der Waals surface area contributed by atoms with E-state index in [2.05, 4.69) is 15.2 Å². The number of ether oxygens (including phenoxy) is 2. The van der Waals surface area contributed by atoms with E-state index in [1.807, 2.05) is 31.2 Å². The van der Waals surface area contributed by atoms with Crippen LogP contribution < -0.4 is 9.64 Å². The first-order chi connectivity index (χ1) is 15.1. The van der Waals surface area contributed by atoms with E-state index in [9.17, 15) is 9.59 Å². The minimum absolute atomic E-state index is 0.194. The lowest BCUT2D eigenvalue weighted by atomic mass is 10.2. The summed E-state index contributed by atoms with van der Waals surface area (Å²) >= 11 is 0. The van der Waals surface area contributed by atoms with E-state index in [1.54, 1.807) is 34.9 Å². The van der Waals surface area contributed by atoms with Gasteiger partial charge in [-0.25, -0.2) is 9.48 Å². The van der Waals surface area contributed by atoms with Crippen molar-refractivity contribution < 1.29 is 19.1 Å². The van der Waals surface area contributed by atoms with E-state index in [1.165, 1.54) is 0 Å². The molecule has 31 heavy (non-hydrogen) atoms. The molecule has 0 spiro atoms. The molecule has 1 aromatic heterocycles. The number of aromatic nitrogens is 3. The van der Waals surface area contributed by atoms with Crippen LogP contribution in [-0.2, 0) is 16.1 Å². The quantitative estimate of drug-likeness (QED) is 0.560. The number of amides is 1.